The van der Waals surface area contributed by atoms with E-state index >= 15 is 0 Å². The van der Waals surface area contributed by atoms with Crippen LogP contribution in [0.4, 0.5) is 0 Å². The van der Waals surface area contributed by atoms with Crippen LogP contribution in [0.2, 0.25) is 0 Å². The molecule has 0 fully saturated rings. The number of aromatic amines is 1. The van der Waals surface area contributed by atoms with Crippen LogP contribution in [0.1, 0.15) is 22.4 Å². The molecule has 5 rings (SSSR count). The van der Waals surface area contributed by atoms with Crippen molar-refractivity contribution in [2.24, 2.45) is 0 Å². The fourth-order valence-corrected chi connectivity index (χ4v) is 4.63. The van der Waals surface area contributed by atoms with E-state index in [0.717, 1.165) is 12.1 Å². The molecule has 1 aliphatic rings. The van der Waals surface area contributed by atoms with Gasteiger partial charge in [-0.3, -0.25) is 5.10 Å². The zero-order valence-electron chi connectivity index (χ0n) is 14.2. The van der Waals surface area contributed by atoms with Crippen LogP contribution in [-0.2, 0) is 11.8 Å². The Bertz CT molecular complexity index is 1000. The summed E-state index contributed by atoms with van der Waals surface area (Å²) in [5, 5.41) is 10.0. The van der Waals surface area contributed by atoms with Gasteiger partial charge in [-0.25, -0.2) is 0 Å². The van der Waals surface area contributed by atoms with Gasteiger partial charge in [0, 0.05) is 23.1 Å². The average molecular weight is 354 g/mol. The Morgan fingerprint density at radius 3 is 2.15 bits per heavy atom. The monoisotopic (exact) mass is 354 g/mol. The van der Waals surface area contributed by atoms with E-state index in [9.17, 15) is 0 Å². The summed E-state index contributed by atoms with van der Waals surface area (Å²) >= 11 is 1.73. The molecule has 1 aliphatic carbocycles. The van der Waals surface area contributed by atoms with Crippen molar-refractivity contribution in [2.75, 3.05) is 0 Å². The number of nitrogens with one attached hydrogen (secondary N) is 1. The maximum absolute atomic E-state index is 4.63. The zero-order valence-corrected chi connectivity index (χ0v) is 15.0. The van der Waals surface area contributed by atoms with Gasteiger partial charge in [-0.2, -0.15) is 5.10 Å². The molecular weight excluding hydrogens is 336 g/mol. The van der Waals surface area contributed by atoms with Crippen LogP contribution in [0.3, 0.4) is 0 Å². The van der Waals surface area contributed by atoms with E-state index in [1.165, 1.54) is 27.3 Å². The number of hydrogen-bond donors (Lipinski definition) is 1. The number of H-pyrrole nitrogens is 1. The standard InChI is InChI=1S/C23H18N2S/c1-3-8-17(9-4-1)23(18-10-5-2-6-11-18)14-13-19-20(16-23)24-25-22(19)21-12-7-15-26-21/h1-15H,16H2,(H,24,25). The molecule has 4 aromatic rings. The van der Waals surface area contributed by atoms with Gasteiger partial charge >= 0.3 is 0 Å². The van der Waals surface area contributed by atoms with E-state index in [1.54, 1.807) is 11.3 Å². The van der Waals surface area contributed by atoms with Gasteiger partial charge in [-0.1, -0.05) is 78.9 Å². The van der Waals surface area contributed by atoms with Gasteiger partial charge < -0.3 is 0 Å². The SMILES string of the molecule is C1=CC(c2ccccc2)(c2ccccc2)Cc2[nH]nc(-c3cccs3)c21. The van der Waals surface area contributed by atoms with Gasteiger partial charge in [0.25, 0.3) is 0 Å². The zero-order chi connectivity index (χ0) is 17.4. The molecule has 0 aliphatic heterocycles. The lowest BCUT2D eigenvalue weighted by Gasteiger charge is -2.34. The largest absolute Gasteiger partial charge is 0.281 e. The lowest BCUT2D eigenvalue weighted by molar-refractivity contribution is 0.620. The Hall–Kier alpha value is -2.91. The van der Waals surface area contributed by atoms with Gasteiger partial charge in [-0.15, -0.1) is 11.3 Å². The van der Waals surface area contributed by atoms with Crippen molar-refractivity contribution in [1.82, 2.24) is 10.2 Å². The molecule has 3 heteroatoms. The number of rotatable bonds is 3. The molecule has 2 aromatic heterocycles. The number of thiophene rings is 1. The van der Waals surface area contributed by atoms with Crippen molar-refractivity contribution in [1.29, 1.82) is 0 Å². The Morgan fingerprint density at radius 2 is 1.54 bits per heavy atom. The van der Waals surface area contributed by atoms with E-state index in [-0.39, 0.29) is 5.41 Å². The van der Waals surface area contributed by atoms with Gasteiger partial charge in [0.05, 0.1) is 4.88 Å². The first kappa shape index (κ1) is 15.4. The highest BCUT2D eigenvalue weighted by Crippen LogP contribution is 2.43. The Morgan fingerprint density at radius 1 is 0.846 bits per heavy atom. The molecule has 1 N–H and O–H groups in total. The van der Waals surface area contributed by atoms with Crippen molar-refractivity contribution in [3.05, 3.63) is 107 Å². The number of fused-ring (bicyclic) bond motifs is 1. The number of hydrogen-bond acceptors (Lipinski definition) is 2. The van der Waals surface area contributed by atoms with Gasteiger partial charge in [0.15, 0.2) is 0 Å². The van der Waals surface area contributed by atoms with Crippen molar-refractivity contribution in [3.8, 4) is 10.6 Å². The third kappa shape index (κ3) is 2.36. The molecule has 0 saturated carbocycles. The maximum atomic E-state index is 4.63. The van der Waals surface area contributed by atoms with Crippen molar-refractivity contribution < 1.29 is 0 Å². The highest BCUT2D eigenvalue weighted by Gasteiger charge is 2.36. The summed E-state index contributed by atoms with van der Waals surface area (Å²) in [4.78, 5) is 1.21. The molecule has 26 heavy (non-hydrogen) atoms. The molecule has 0 atom stereocenters. The van der Waals surface area contributed by atoms with Crippen LogP contribution in [-0.4, -0.2) is 10.2 Å². The topological polar surface area (TPSA) is 28.7 Å². The van der Waals surface area contributed by atoms with Crippen LogP contribution in [0, 0.1) is 0 Å². The molecule has 0 spiro atoms. The number of allylic oxidation sites excluding steroid dienone is 1. The Kier molecular flexibility index (Phi) is 3.61. The minimum absolute atomic E-state index is 0.172. The first-order chi connectivity index (χ1) is 12.9. The Balaban J connectivity index is 1.67. The fourth-order valence-electron chi connectivity index (χ4n) is 3.90. The molecule has 0 unspecified atom stereocenters. The molecule has 0 radical (unpaired) electrons. The smallest absolute Gasteiger partial charge is 0.109 e. The molecule has 2 heterocycles. The van der Waals surface area contributed by atoms with E-state index in [2.05, 4.69) is 101 Å². The summed E-state index contributed by atoms with van der Waals surface area (Å²) in [6, 6.07) is 25.7. The summed E-state index contributed by atoms with van der Waals surface area (Å²) in [6.07, 6.45) is 5.48. The van der Waals surface area contributed by atoms with Gasteiger partial charge in [0.2, 0.25) is 0 Å². The highest BCUT2D eigenvalue weighted by molar-refractivity contribution is 7.13. The van der Waals surface area contributed by atoms with E-state index < -0.39 is 0 Å². The first-order valence-corrected chi connectivity index (χ1v) is 9.66. The van der Waals surface area contributed by atoms with Crippen LogP contribution in [0.25, 0.3) is 16.6 Å². The minimum atomic E-state index is -0.172. The quantitative estimate of drug-likeness (QED) is 0.503. The molecule has 0 bridgehead atoms. The van der Waals surface area contributed by atoms with Crippen LogP contribution in [0.5, 0.6) is 0 Å². The fraction of sp³-hybridized carbons (Fsp3) is 0.0870. The van der Waals surface area contributed by atoms with Crippen molar-refractivity contribution in [2.45, 2.75) is 11.8 Å². The molecule has 2 aromatic carbocycles. The Labute approximate surface area is 156 Å². The second-order valence-corrected chi connectivity index (χ2v) is 7.60. The maximum Gasteiger partial charge on any atom is 0.109 e. The van der Waals surface area contributed by atoms with E-state index in [4.69, 9.17) is 0 Å². The van der Waals surface area contributed by atoms with Gasteiger partial charge in [0.1, 0.15) is 5.69 Å². The number of nitrogens with zero attached hydrogens (tertiary/aromatic N) is 1. The second-order valence-electron chi connectivity index (χ2n) is 6.66. The molecule has 126 valence electrons. The average Bonchev–Trinajstić information content (AvgIpc) is 3.38. The predicted molar refractivity (Wildman–Crippen MR) is 108 cm³/mol. The molecule has 0 amide bonds. The number of benzene rings is 2. The second kappa shape index (κ2) is 6.11. The van der Waals surface area contributed by atoms with Gasteiger partial charge in [-0.05, 0) is 22.6 Å². The lowest BCUT2D eigenvalue weighted by atomic mass is 9.68. The summed E-state index contributed by atoms with van der Waals surface area (Å²) in [5.41, 5.74) is 5.91. The summed E-state index contributed by atoms with van der Waals surface area (Å²) in [7, 11) is 0. The normalized spacial score (nSPS) is 14.9. The summed E-state index contributed by atoms with van der Waals surface area (Å²) < 4.78 is 0. The lowest BCUT2D eigenvalue weighted by Crippen LogP contribution is -2.30. The molecular formula is C23H18N2S. The van der Waals surface area contributed by atoms with Crippen LogP contribution < -0.4 is 0 Å². The first-order valence-electron chi connectivity index (χ1n) is 8.78. The number of aromatic nitrogens is 2. The third-order valence-electron chi connectivity index (χ3n) is 5.21. The van der Waals surface area contributed by atoms with E-state index in [0.29, 0.717) is 0 Å². The predicted octanol–water partition coefficient (Wildman–Crippen LogP) is 5.69. The molecule has 0 saturated heterocycles. The third-order valence-corrected chi connectivity index (χ3v) is 6.08. The summed E-state index contributed by atoms with van der Waals surface area (Å²) in [5.74, 6) is 0. The van der Waals surface area contributed by atoms with Crippen molar-refractivity contribution >= 4 is 17.4 Å². The minimum Gasteiger partial charge on any atom is -0.281 e. The van der Waals surface area contributed by atoms with Crippen LogP contribution in [0.15, 0.2) is 84.3 Å². The van der Waals surface area contributed by atoms with Crippen LogP contribution >= 0.6 is 11.3 Å². The summed E-state index contributed by atoms with van der Waals surface area (Å²) in [6.45, 7) is 0. The highest BCUT2D eigenvalue weighted by atomic mass is 32.1. The molecule has 2 nitrogen and oxygen atoms in total. The van der Waals surface area contributed by atoms with E-state index in [1.807, 2.05) is 0 Å². The van der Waals surface area contributed by atoms with Crippen molar-refractivity contribution in [3.63, 3.8) is 0 Å².